The number of ether oxygens (including phenoxy) is 1. The van der Waals surface area contributed by atoms with Crippen molar-refractivity contribution in [3.05, 3.63) is 68.8 Å². The van der Waals surface area contributed by atoms with Gasteiger partial charge in [-0.15, -0.1) is 0 Å². The number of nitrogens with one attached hydrogen (secondary N) is 1. The van der Waals surface area contributed by atoms with Crippen molar-refractivity contribution >= 4 is 40.7 Å². The van der Waals surface area contributed by atoms with Gasteiger partial charge in [0.2, 0.25) is 0 Å². The zero-order valence-electron chi connectivity index (χ0n) is 14.3. The van der Waals surface area contributed by atoms with E-state index >= 15 is 0 Å². The van der Waals surface area contributed by atoms with Crippen LogP contribution in [0.2, 0.25) is 15.1 Å². The van der Waals surface area contributed by atoms with Crippen LogP contribution in [0.5, 0.6) is 5.75 Å². The van der Waals surface area contributed by atoms with Crippen LogP contribution in [0.1, 0.15) is 28.9 Å². The Balaban J connectivity index is 1.59. The Labute approximate surface area is 171 Å². The number of nitrogens with zero attached hydrogens (tertiary/aromatic N) is 2. The normalized spacial score (nSPS) is 10.8. The number of carbonyl (C=O) groups is 1. The molecule has 9 heteroatoms. The van der Waals surface area contributed by atoms with E-state index in [1.54, 1.807) is 41.2 Å². The van der Waals surface area contributed by atoms with Gasteiger partial charge >= 0.3 is 0 Å². The van der Waals surface area contributed by atoms with E-state index in [0.29, 0.717) is 33.1 Å². The Hall–Kier alpha value is -2.15. The van der Waals surface area contributed by atoms with Gasteiger partial charge < -0.3 is 14.5 Å². The zero-order valence-corrected chi connectivity index (χ0v) is 16.6. The second-order valence-corrected chi connectivity index (χ2v) is 6.74. The van der Waals surface area contributed by atoms with E-state index < -0.39 is 0 Å². The minimum Gasteiger partial charge on any atom is -0.484 e. The number of aryl methyl sites for hydroxylation is 1. The maximum Gasteiger partial charge on any atom is 0.287 e. The molecular formula is C18H16Cl3N3O3. The zero-order chi connectivity index (χ0) is 19.4. The number of halogens is 3. The number of hydrogen-bond acceptors (Lipinski definition) is 4. The van der Waals surface area contributed by atoms with Crippen molar-refractivity contribution in [3.8, 4) is 5.75 Å². The number of furan rings is 1. The molecule has 27 heavy (non-hydrogen) atoms. The highest BCUT2D eigenvalue weighted by Gasteiger charge is 2.15. The van der Waals surface area contributed by atoms with E-state index in [9.17, 15) is 4.79 Å². The van der Waals surface area contributed by atoms with Crippen molar-refractivity contribution in [1.29, 1.82) is 0 Å². The summed E-state index contributed by atoms with van der Waals surface area (Å²) in [6, 6.07) is 8.34. The molecule has 3 rings (SSSR count). The van der Waals surface area contributed by atoms with Crippen LogP contribution in [0.15, 0.2) is 40.9 Å². The molecule has 6 nitrogen and oxygen atoms in total. The maximum absolute atomic E-state index is 12.3. The lowest BCUT2D eigenvalue weighted by Gasteiger charge is -2.07. The average molecular weight is 429 g/mol. The number of aromatic nitrogens is 2. The standard InChI is InChI=1S/C18H16Cl3N3O3/c1-2-24-14(13(20)8-23-24)9-22-18(25)16-7-6-11(27-16)10-26-15-5-3-4-12(19)17(15)21/h3-8H,2,9-10H2,1H3,(H,22,25). The minimum atomic E-state index is -0.359. The highest BCUT2D eigenvalue weighted by molar-refractivity contribution is 6.42. The van der Waals surface area contributed by atoms with Crippen LogP contribution in [0.25, 0.3) is 0 Å². The van der Waals surface area contributed by atoms with Crippen molar-refractivity contribution in [2.75, 3.05) is 0 Å². The molecule has 0 fully saturated rings. The molecule has 0 aliphatic heterocycles. The molecule has 0 radical (unpaired) electrons. The third-order valence-corrected chi connectivity index (χ3v) is 4.90. The second kappa shape index (κ2) is 8.69. The predicted molar refractivity (Wildman–Crippen MR) is 104 cm³/mol. The smallest absolute Gasteiger partial charge is 0.287 e. The third-order valence-electron chi connectivity index (χ3n) is 3.79. The van der Waals surface area contributed by atoms with Gasteiger partial charge in [-0.2, -0.15) is 5.10 Å². The van der Waals surface area contributed by atoms with Crippen LogP contribution in [-0.4, -0.2) is 15.7 Å². The van der Waals surface area contributed by atoms with Crippen LogP contribution in [0, 0.1) is 0 Å². The lowest BCUT2D eigenvalue weighted by Crippen LogP contribution is -2.24. The summed E-state index contributed by atoms with van der Waals surface area (Å²) < 4.78 is 12.8. The van der Waals surface area contributed by atoms with E-state index in [1.165, 1.54) is 0 Å². The third kappa shape index (κ3) is 4.58. The quantitative estimate of drug-likeness (QED) is 0.577. The molecule has 142 valence electrons. The fourth-order valence-corrected chi connectivity index (χ4v) is 2.96. The van der Waals surface area contributed by atoms with Crippen LogP contribution >= 0.6 is 34.8 Å². The van der Waals surface area contributed by atoms with Gasteiger partial charge in [-0.3, -0.25) is 9.48 Å². The highest BCUT2D eigenvalue weighted by atomic mass is 35.5. The Morgan fingerprint density at radius 2 is 2.04 bits per heavy atom. The highest BCUT2D eigenvalue weighted by Crippen LogP contribution is 2.32. The first-order valence-electron chi connectivity index (χ1n) is 8.13. The van der Waals surface area contributed by atoms with Crippen LogP contribution in [-0.2, 0) is 19.7 Å². The second-order valence-electron chi connectivity index (χ2n) is 5.54. The van der Waals surface area contributed by atoms with E-state index in [4.69, 9.17) is 44.0 Å². The minimum absolute atomic E-state index is 0.113. The van der Waals surface area contributed by atoms with E-state index in [0.717, 1.165) is 5.69 Å². The number of carbonyl (C=O) groups excluding carboxylic acids is 1. The van der Waals surface area contributed by atoms with Gasteiger partial charge in [-0.05, 0) is 31.2 Å². The summed E-state index contributed by atoms with van der Waals surface area (Å²) in [4.78, 5) is 12.3. The molecule has 1 amide bonds. The van der Waals surface area contributed by atoms with E-state index in [2.05, 4.69) is 10.4 Å². The van der Waals surface area contributed by atoms with Gasteiger partial charge in [-0.25, -0.2) is 0 Å². The van der Waals surface area contributed by atoms with Crippen molar-refractivity contribution in [2.45, 2.75) is 26.6 Å². The summed E-state index contributed by atoms with van der Waals surface area (Å²) in [5.74, 6) is 0.730. The summed E-state index contributed by atoms with van der Waals surface area (Å²) >= 11 is 18.1. The molecule has 0 atom stereocenters. The van der Waals surface area contributed by atoms with Crippen LogP contribution in [0.3, 0.4) is 0 Å². The first-order chi connectivity index (χ1) is 13.0. The molecule has 0 unspecified atom stereocenters. The summed E-state index contributed by atoms with van der Waals surface area (Å²) in [5, 5.41) is 8.12. The van der Waals surface area contributed by atoms with Crippen LogP contribution < -0.4 is 10.1 Å². The van der Waals surface area contributed by atoms with Crippen molar-refractivity contribution < 1.29 is 13.9 Å². The van der Waals surface area contributed by atoms with Crippen LogP contribution in [0.4, 0.5) is 0 Å². The largest absolute Gasteiger partial charge is 0.484 e. The molecule has 0 saturated carbocycles. The lowest BCUT2D eigenvalue weighted by molar-refractivity contribution is 0.0918. The predicted octanol–water partition coefficient (Wildman–Crippen LogP) is 4.97. The van der Waals surface area contributed by atoms with Gasteiger partial charge in [-0.1, -0.05) is 40.9 Å². The van der Waals surface area contributed by atoms with Gasteiger partial charge in [0, 0.05) is 6.54 Å². The first-order valence-corrected chi connectivity index (χ1v) is 9.27. The summed E-state index contributed by atoms with van der Waals surface area (Å²) in [5.41, 5.74) is 0.734. The number of benzene rings is 1. The molecule has 2 aromatic heterocycles. The molecule has 2 heterocycles. The molecule has 0 bridgehead atoms. The Bertz CT molecular complexity index is 952. The van der Waals surface area contributed by atoms with Crippen molar-refractivity contribution in [3.63, 3.8) is 0 Å². The van der Waals surface area contributed by atoms with Crippen molar-refractivity contribution in [2.24, 2.45) is 0 Å². The first kappa shape index (κ1) is 19.6. The molecule has 0 saturated heterocycles. The fraction of sp³-hybridized carbons (Fsp3) is 0.222. The summed E-state index contributed by atoms with van der Waals surface area (Å²) in [7, 11) is 0. The van der Waals surface area contributed by atoms with E-state index in [1.807, 2.05) is 6.92 Å². The molecule has 3 aromatic rings. The molecular weight excluding hydrogens is 413 g/mol. The maximum atomic E-state index is 12.3. The molecule has 0 aliphatic carbocycles. The van der Waals surface area contributed by atoms with Gasteiger partial charge in [0.25, 0.3) is 5.91 Å². The van der Waals surface area contributed by atoms with Gasteiger partial charge in [0.15, 0.2) is 5.76 Å². The van der Waals surface area contributed by atoms with Crippen molar-refractivity contribution in [1.82, 2.24) is 15.1 Å². The lowest BCUT2D eigenvalue weighted by atomic mass is 10.3. The fourth-order valence-electron chi connectivity index (χ4n) is 2.41. The summed E-state index contributed by atoms with van der Waals surface area (Å²) in [6.07, 6.45) is 1.55. The number of amides is 1. The van der Waals surface area contributed by atoms with E-state index in [-0.39, 0.29) is 24.8 Å². The number of rotatable bonds is 7. The Kier molecular flexibility index (Phi) is 6.31. The molecule has 1 aromatic carbocycles. The Morgan fingerprint density at radius 1 is 1.22 bits per heavy atom. The summed E-state index contributed by atoms with van der Waals surface area (Å²) in [6.45, 7) is 2.96. The Morgan fingerprint density at radius 3 is 2.81 bits per heavy atom. The monoisotopic (exact) mass is 427 g/mol. The number of hydrogen-bond donors (Lipinski definition) is 1. The molecule has 0 spiro atoms. The van der Waals surface area contributed by atoms with Gasteiger partial charge in [0.05, 0.1) is 28.5 Å². The average Bonchev–Trinajstić information content (AvgIpc) is 3.27. The topological polar surface area (TPSA) is 69.3 Å². The van der Waals surface area contributed by atoms with Gasteiger partial charge in [0.1, 0.15) is 23.1 Å². The molecule has 1 N–H and O–H groups in total. The SMILES string of the molecule is CCn1ncc(Cl)c1CNC(=O)c1ccc(COc2cccc(Cl)c2Cl)o1. The molecule has 0 aliphatic rings.